The van der Waals surface area contributed by atoms with E-state index in [1.165, 1.54) is 0 Å². The van der Waals surface area contributed by atoms with Crippen LogP contribution in [0.1, 0.15) is 28.7 Å². The van der Waals surface area contributed by atoms with Gasteiger partial charge < -0.3 is 9.47 Å². The predicted octanol–water partition coefficient (Wildman–Crippen LogP) is 4.36. The Labute approximate surface area is 219 Å². The Kier molecular flexibility index (Phi) is 7.29. The number of methoxy groups -OCH3 is 2. The van der Waals surface area contributed by atoms with Crippen molar-refractivity contribution in [3.8, 4) is 22.9 Å². The molecular formula is C27H28N6O3S. The van der Waals surface area contributed by atoms with E-state index in [0.717, 1.165) is 21.7 Å². The molecule has 1 amide bonds. The van der Waals surface area contributed by atoms with Gasteiger partial charge in [-0.3, -0.25) is 14.8 Å². The van der Waals surface area contributed by atoms with Crippen LogP contribution < -0.4 is 9.47 Å². The summed E-state index contributed by atoms with van der Waals surface area (Å²) in [5.41, 5.74) is 2.77. The zero-order valence-corrected chi connectivity index (χ0v) is 21.7. The Morgan fingerprint density at radius 1 is 1.11 bits per heavy atom. The highest BCUT2D eigenvalue weighted by Gasteiger charge is 2.34. The van der Waals surface area contributed by atoms with Gasteiger partial charge in [-0.1, -0.05) is 42.5 Å². The van der Waals surface area contributed by atoms with Crippen LogP contribution in [0.25, 0.3) is 11.4 Å². The molecule has 1 N–H and O–H groups in total. The van der Waals surface area contributed by atoms with Gasteiger partial charge in [0.25, 0.3) is 5.91 Å². The zero-order valence-electron chi connectivity index (χ0n) is 20.9. The van der Waals surface area contributed by atoms with Crippen LogP contribution in [0, 0.1) is 0 Å². The monoisotopic (exact) mass is 516 g/mol. The van der Waals surface area contributed by atoms with E-state index in [4.69, 9.17) is 14.6 Å². The number of hydrogen-bond donors (Lipinski definition) is 1. The summed E-state index contributed by atoms with van der Waals surface area (Å²) in [6.07, 6.45) is 0.619. The maximum absolute atomic E-state index is 13.5. The minimum Gasteiger partial charge on any atom is -0.493 e. The fraction of sp³-hybridized carbons (Fsp3) is 0.259. The lowest BCUT2D eigenvalue weighted by Crippen LogP contribution is -2.36. The lowest BCUT2D eigenvalue weighted by molar-refractivity contribution is -0.134. The smallest absolute Gasteiger partial charge is 0.257 e. The molecule has 4 aromatic rings. The van der Waals surface area contributed by atoms with Crippen LogP contribution in [0.3, 0.4) is 0 Å². The van der Waals surface area contributed by atoms with Crippen molar-refractivity contribution in [3.05, 3.63) is 82.3 Å². The van der Waals surface area contributed by atoms with Crippen LogP contribution in [0.15, 0.2) is 71.1 Å². The number of aromatic amines is 1. The van der Waals surface area contributed by atoms with Gasteiger partial charge >= 0.3 is 0 Å². The van der Waals surface area contributed by atoms with Gasteiger partial charge in [-0.05, 0) is 36.2 Å². The Bertz CT molecular complexity index is 1390. The standard InChI is InChI=1S/C27H28N6O3S/c1-32(16-25-28-27(30-29-25)18-8-5-4-6-9-18)17-26(34)33-21(15-20(31-33)24-10-7-13-37-24)19-11-12-22(35-2)23(14-19)36-3/h4-14,21H,15-17H2,1-3H3,(H,28,29,30). The lowest BCUT2D eigenvalue weighted by atomic mass is 10.0. The summed E-state index contributed by atoms with van der Waals surface area (Å²) >= 11 is 1.62. The van der Waals surface area contributed by atoms with Gasteiger partial charge in [0, 0.05) is 12.0 Å². The van der Waals surface area contributed by atoms with Crippen LogP contribution in [0.4, 0.5) is 0 Å². The number of ether oxygens (including phenoxy) is 2. The second-order valence-corrected chi connectivity index (χ2v) is 9.69. The van der Waals surface area contributed by atoms with Crippen LogP contribution in [0.5, 0.6) is 11.5 Å². The van der Waals surface area contributed by atoms with E-state index < -0.39 is 0 Å². The quantitative estimate of drug-likeness (QED) is 0.355. The number of carbonyl (C=O) groups is 1. The van der Waals surface area contributed by atoms with E-state index in [2.05, 4.69) is 15.2 Å². The molecule has 0 bridgehead atoms. The molecule has 2 aromatic heterocycles. The highest BCUT2D eigenvalue weighted by Crippen LogP contribution is 2.38. The second-order valence-electron chi connectivity index (χ2n) is 8.74. The molecule has 0 spiro atoms. The minimum absolute atomic E-state index is 0.100. The molecule has 0 radical (unpaired) electrons. The molecular weight excluding hydrogens is 488 g/mol. The molecule has 37 heavy (non-hydrogen) atoms. The molecule has 10 heteroatoms. The molecule has 1 aliphatic rings. The van der Waals surface area contributed by atoms with Crippen molar-refractivity contribution in [1.82, 2.24) is 25.1 Å². The maximum atomic E-state index is 13.5. The largest absolute Gasteiger partial charge is 0.493 e. The first-order valence-electron chi connectivity index (χ1n) is 11.9. The lowest BCUT2D eigenvalue weighted by Gasteiger charge is -2.25. The van der Waals surface area contributed by atoms with Gasteiger partial charge in [0.1, 0.15) is 5.82 Å². The SMILES string of the molecule is COc1ccc(C2CC(c3cccs3)=NN2C(=O)CN(C)Cc2nc(-c3ccccc3)n[nH]2)cc1OC. The Hall–Kier alpha value is -4.02. The first-order valence-corrected chi connectivity index (χ1v) is 12.7. The van der Waals surface area contributed by atoms with E-state index in [-0.39, 0.29) is 18.5 Å². The summed E-state index contributed by atoms with van der Waals surface area (Å²) in [4.78, 5) is 21.1. The van der Waals surface area contributed by atoms with E-state index in [1.54, 1.807) is 30.6 Å². The number of hydrogen-bond acceptors (Lipinski definition) is 8. The Balaban J connectivity index is 1.33. The Morgan fingerprint density at radius 3 is 2.65 bits per heavy atom. The van der Waals surface area contributed by atoms with E-state index >= 15 is 0 Å². The molecule has 1 unspecified atom stereocenters. The molecule has 0 aliphatic carbocycles. The van der Waals surface area contributed by atoms with Crippen molar-refractivity contribution in [1.29, 1.82) is 0 Å². The van der Waals surface area contributed by atoms with Crippen molar-refractivity contribution in [3.63, 3.8) is 0 Å². The van der Waals surface area contributed by atoms with Gasteiger partial charge in [0.2, 0.25) is 0 Å². The number of hydrazone groups is 1. The molecule has 0 saturated carbocycles. The molecule has 3 heterocycles. The number of carbonyl (C=O) groups excluding carboxylic acids is 1. The van der Waals surface area contributed by atoms with Crippen molar-refractivity contribution < 1.29 is 14.3 Å². The molecule has 2 aromatic carbocycles. The number of nitrogens with zero attached hydrogens (tertiary/aromatic N) is 5. The predicted molar refractivity (Wildman–Crippen MR) is 143 cm³/mol. The number of H-pyrrole nitrogens is 1. The third kappa shape index (κ3) is 5.40. The van der Waals surface area contributed by atoms with Crippen LogP contribution >= 0.6 is 11.3 Å². The summed E-state index contributed by atoms with van der Waals surface area (Å²) < 4.78 is 10.9. The van der Waals surface area contributed by atoms with Crippen molar-refractivity contribution in [2.75, 3.05) is 27.8 Å². The van der Waals surface area contributed by atoms with Gasteiger partial charge in [-0.25, -0.2) is 9.99 Å². The number of rotatable bonds is 9. The minimum atomic E-state index is -0.243. The summed E-state index contributed by atoms with van der Waals surface area (Å²) in [7, 11) is 5.09. The van der Waals surface area contributed by atoms with Gasteiger partial charge in [-0.15, -0.1) is 11.3 Å². The van der Waals surface area contributed by atoms with E-state index in [9.17, 15) is 4.79 Å². The first-order chi connectivity index (χ1) is 18.1. The summed E-state index contributed by atoms with van der Waals surface area (Å²) in [5.74, 6) is 2.48. The van der Waals surface area contributed by atoms with E-state index in [1.807, 2.05) is 78.0 Å². The van der Waals surface area contributed by atoms with Crippen molar-refractivity contribution >= 4 is 23.0 Å². The third-order valence-electron chi connectivity index (χ3n) is 6.15. The number of nitrogens with one attached hydrogen (secondary N) is 1. The molecule has 190 valence electrons. The third-order valence-corrected chi connectivity index (χ3v) is 7.07. The maximum Gasteiger partial charge on any atom is 0.257 e. The fourth-order valence-electron chi connectivity index (χ4n) is 4.35. The topological polar surface area (TPSA) is 95.9 Å². The van der Waals surface area contributed by atoms with Crippen molar-refractivity contribution in [2.45, 2.75) is 19.0 Å². The number of amides is 1. The molecule has 1 atom stereocenters. The second kappa shape index (κ2) is 10.9. The zero-order chi connectivity index (χ0) is 25.8. The van der Waals surface area contributed by atoms with Gasteiger partial charge in [-0.2, -0.15) is 10.2 Å². The number of aromatic nitrogens is 3. The van der Waals surface area contributed by atoms with Gasteiger partial charge in [0.15, 0.2) is 17.3 Å². The first kappa shape index (κ1) is 24.7. The molecule has 0 fully saturated rings. The number of thiophene rings is 1. The van der Waals surface area contributed by atoms with E-state index in [0.29, 0.717) is 36.1 Å². The number of likely N-dealkylation sites (N-methyl/N-ethyl adjacent to an activating group) is 1. The van der Waals surface area contributed by atoms with Crippen LogP contribution in [0.2, 0.25) is 0 Å². The highest BCUT2D eigenvalue weighted by atomic mass is 32.1. The van der Waals surface area contributed by atoms with Crippen LogP contribution in [-0.4, -0.2) is 64.5 Å². The van der Waals surface area contributed by atoms with Crippen molar-refractivity contribution in [2.24, 2.45) is 5.10 Å². The van der Waals surface area contributed by atoms with Crippen LogP contribution in [-0.2, 0) is 11.3 Å². The van der Waals surface area contributed by atoms with Gasteiger partial charge in [0.05, 0.1) is 43.9 Å². The average Bonchev–Trinajstić information content (AvgIpc) is 3.69. The fourth-order valence-corrected chi connectivity index (χ4v) is 5.07. The Morgan fingerprint density at radius 2 is 1.92 bits per heavy atom. The normalized spacial score (nSPS) is 15.2. The highest BCUT2D eigenvalue weighted by molar-refractivity contribution is 7.12. The molecule has 9 nitrogen and oxygen atoms in total. The molecule has 1 aliphatic heterocycles. The molecule has 0 saturated heterocycles. The summed E-state index contributed by atoms with van der Waals surface area (Å²) in [6.45, 7) is 0.619. The number of benzene rings is 2. The summed E-state index contributed by atoms with van der Waals surface area (Å²) in [6, 6.07) is 19.3. The molecule has 5 rings (SSSR count). The average molecular weight is 517 g/mol. The summed E-state index contributed by atoms with van der Waals surface area (Å²) in [5, 5.41) is 15.7.